The monoisotopic (exact) mass is 451 g/mol. The van der Waals surface area contributed by atoms with Crippen LogP contribution in [-0.2, 0) is 11.3 Å². The Balaban J connectivity index is 2.15. The van der Waals surface area contributed by atoms with Crippen molar-refractivity contribution in [3.05, 3.63) is 49.8 Å². The molecule has 0 spiro atoms. The molecule has 2 rings (SSSR count). The van der Waals surface area contributed by atoms with Gasteiger partial charge in [-0.15, -0.1) is 0 Å². The number of carbonyl (C=O) groups excluding carboxylic acids is 1. The number of alkyl halides is 2. The predicted molar refractivity (Wildman–Crippen MR) is 85.6 cm³/mol. The fraction of sp³-hybridized carbons (Fsp3) is 0.154. The second-order valence-electron chi connectivity index (χ2n) is 4.19. The van der Waals surface area contributed by atoms with Crippen LogP contribution >= 0.6 is 31.9 Å². The smallest absolute Gasteiger partial charge is 0.387 e. The van der Waals surface area contributed by atoms with Crippen LogP contribution in [0.4, 0.5) is 14.5 Å². The number of nitrogens with one attached hydrogen (secondary N) is 1. The van der Waals surface area contributed by atoms with Crippen molar-refractivity contribution in [1.82, 2.24) is 9.78 Å². The van der Waals surface area contributed by atoms with Crippen molar-refractivity contribution >= 4 is 43.5 Å². The van der Waals surface area contributed by atoms with E-state index in [0.29, 0.717) is 4.47 Å². The van der Waals surface area contributed by atoms with Crippen molar-refractivity contribution in [1.29, 1.82) is 0 Å². The first-order valence-electron chi connectivity index (χ1n) is 6.13. The summed E-state index contributed by atoms with van der Waals surface area (Å²) in [6, 6.07) is 5.74. The number of benzene rings is 1. The van der Waals surface area contributed by atoms with Crippen molar-refractivity contribution in [2.75, 3.05) is 5.32 Å². The normalized spacial score (nSPS) is 10.7. The maximum Gasteiger partial charge on any atom is 0.387 e. The van der Waals surface area contributed by atoms with Gasteiger partial charge in [-0.2, -0.15) is 13.9 Å². The van der Waals surface area contributed by atoms with Crippen LogP contribution in [0.3, 0.4) is 0 Å². The van der Waals surface area contributed by atoms with Gasteiger partial charge in [0.25, 0.3) is 5.56 Å². The summed E-state index contributed by atoms with van der Waals surface area (Å²) >= 11 is 6.19. The third-order valence-electron chi connectivity index (χ3n) is 2.61. The maximum absolute atomic E-state index is 12.3. The number of anilines is 1. The molecular formula is C13H9Br2F2N3O3. The van der Waals surface area contributed by atoms with Gasteiger partial charge in [-0.3, -0.25) is 9.59 Å². The number of ether oxygens (including phenoxy) is 1. The summed E-state index contributed by atoms with van der Waals surface area (Å²) in [5, 5.41) is 6.21. The van der Waals surface area contributed by atoms with Crippen LogP contribution in [0.15, 0.2) is 44.2 Å². The summed E-state index contributed by atoms with van der Waals surface area (Å²) in [5.41, 5.74) is -0.436. The van der Waals surface area contributed by atoms with Gasteiger partial charge in [-0.1, -0.05) is 12.1 Å². The second kappa shape index (κ2) is 7.64. The molecule has 0 aliphatic carbocycles. The number of rotatable bonds is 5. The minimum Gasteiger partial charge on any atom is -0.433 e. The molecule has 6 nitrogen and oxygen atoms in total. The number of nitrogens with zero attached hydrogens (tertiary/aromatic N) is 2. The highest BCUT2D eigenvalue weighted by Gasteiger charge is 2.14. The first-order chi connectivity index (χ1) is 10.9. The van der Waals surface area contributed by atoms with E-state index in [-0.39, 0.29) is 22.5 Å². The molecule has 1 amide bonds. The number of carbonyl (C=O) groups is 1. The van der Waals surface area contributed by atoms with Crippen LogP contribution in [-0.4, -0.2) is 22.3 Å². The van der Waals surface area contributed by atoms with Gasteiger partial charge in [0.05, 0.1) is 16.4 Å². The van der Waals surface area contributed by atoms with E-state index in [0.717, 1.165) is 4.68 Å². The SMILES string of the molecule is O=C(Cn1ncc(Br)c(Br)c1=O)Nc1ccccc1OC(F)F. The third-order valence-corrected chi connectivity index (χ3v) is 4.51. The molecule has 2 aromatic rings. The lowest BCUT2D eigenvalue weighted by atomic mass is 10.3. The van der Waals surface area contributed by atoms with Crippen LogP contribution < -0.4 is 15.6 Å². The number of aromatic nitrogens is 2. The molecule has 0 fully saturated rings. The number of amides is 1. The van der Waals surface area contributed by atoms with Gasteiger partial charge >= 0.3 is 6.61 Å². The van der Waals surface area contributed by atoms with E-state index in [1.165, 1.54) is 24.4 Å². The minimum absolute atomic E-state index is 0.0713. The molecule has 23 heavy (non-hydrogen) atoms. The summed E-state index contributed by atoms with van der Waals surface area (Å²) in [4.78, 5) is 23.9. The summed E-state index contributed by atoms with van der Waals surface area (Å²) < 4.78 is 30.6. The lowest BCUT2D eigenvalue weighted by molar-refractivity contribution is -0.117. The molecule has 0 unspecified atom stereocenters. The van der Waals surface area contributed by atoms with Crippen LogP contribution in [0.1, 0.15) is 0 Å². The molecule has 1 aromatic carbocycles. The molecule has 0 aliphatic rings. The highest BCUT2D eigenvalue weighted by Crippen LogP contribution is 2.25. The quantitative estimate of drug-likeness (QED) is 0.756. The Kier molecular flexibility index (Phi) is 5.83. The Morgan fingerprint density at radius 2 is 2.04 bits per heavy atom. The van der Waals surface area contributed by atoms with Crippen molar-refractivity contribution in [3.8, 4) is 5.75 Å². The second-order valence-corrected chi connectivity index (χ2v) is 5.84. The van der Waals surface area contributed by atoms with Crippen LogP contribution in [0.25, 0.3) is 0 Å². The molecule has 0 aliphatic heterocycles. The molecule has 1 aromatic heterocycles. The average molecular weight is 453 g/mol. The van der Waals surface area contributed by atoms with E-state index < -0.39 is 18.1 Å². The van der Waals surface area contributed by atoms with Crippen molar-refractivity contribution in [3.63, 3.8) is 0 Å². The zero-order chi connectivity index (χ0) is 17.0. The first kappa shape index (κ1) is 17.5. The zero-order valence-corrected chi connectivity index (χ0v) is 14.5. The summed E-state index contributed by atoms with van der Waals surface area (Å²) in [6.07, 6.45) is 1.35. The van der Waals surface area contributed by atoms with Gasteiger partial charge in [0.1, 0.15) is 16.8 Å². The first-order valence-corrected chi connectivity index (χ1v) is 7.72. The molecule has 1 heterocycles. The van der Waals surface area contributed by atoms with Gasteiger partial charge < -0.3 is 10.1 Å². The molecule has 122 valence electrons. The van der Waals surface area contributed by atoms with Gasteiger partial charge in [0, 0.05) is 0 Å². The van der Waals surface area contributed by atoms with E-state index in [1.807, 2.05) is 0 Å². The van der Waals surface area contributed by atoms with Gasteiger partial charge in [-0.25, -0.2) is 4.68 Å². The molecule has 0 saturated carbocycles. The topological polar surface area (TPSA) is 73.2 Å². The van der Waals surface area contributed by atoms with E-state index >= 15 is 0 Å². The van der Waals surface area contributed by atoms with Gasteiger partial charge in [0.15, 0.2) is 0 Å². The molecule has 0 saturated heterocycles. The summed E-state index contributed by atoms with van der Waals surface area (Å²) in [7, 11) is 0. The lowest BCUT2D eigenvalue weighted by Gasteiger charge is -2.12. The van der Waals surface area contributed by atoms with Gasteiger partial charge in [-0.05, 0) is 44.0 Å². The molecular weight excluding hydrogens is 444 g/mol. The zero-order valence-electron chi connectivity index (χ0n) is 11.3. The summed E-state index contributed by atoms with van der Waals surface area (Å²) in [5.74, 6) is -0.785. The van der Waals surface area contributed by atoms with E-state index in [9.17, 15) is 18.4 Å². The Morgan fingerprint density at radius 3 is 2.74 bits per heavy atom. The Labute approximate surface area is 145 Å². The lowest BCUT2D eigenvalue weighted by Crippen LogP contribution is -2.30. The van der Waals surface area contributed by atoms with Crippen LogP contribution in [0.5, 0.6) is 5.75 Å². The average Bonchev–Trinajstić information content (AvgIpc) is 2.49. The number of hydrogen-bond donors (Lipinski definition) is 1. The van der Waals surface area contributed by atoms with Crippen molar-refractivity contribution in [2.24, 2.45) is 0 Å². The molecule has 0 radical (unpaired) electrons. The van der Waals surface area contributed by atoms with E-state index in [1.54, 1.807) is 6.07 Å². The Morgan fingerprint density at radius 1 is 1.35 bits per heavy atom. The fourth-order valence-corrected chi connectivity index (χ4v) is 2.22. The third kappa shape index (κ3) is 4.58. The molecule has 10 heteroatoms. The number of halogens is 4. The standard InChI is InChI=1S/C13H9Br2F2N3O3/c14-7-5-18-20(12(22)11(7)15)6-10(21)19-8-3-1-2-4-9(8)23-13(16)17/h1-5,13H,6H2,(H,19,21). The van der Waals surface area contributed by atoms with E-state index in [4.69, 9.17) is 0 Å². The van der Waals surface area contributed by atoms with Crippen molar-refractivity contribution in [2.45, 2.75) is 13.2 Å². The predicted octanol–water partition coefficient (Wildman–Crippen LogP) is 3.01. The minimum atomic E-state index is -3.01. The maximum atomic E-state index is 12.3. The summed E-state index contributed by atoms with van der Waals surface area (Å²) in [6.45, 7) is -3.40. The highest BCUT2D eigenvalue weighted by molar-refractivity contribution is 9.13. The largest absolute Gasteiger partial charge is 0.433 e. The van der Waals surface area contributed by atoms with Crippen molar-refractivity contribution < 1.29 is 18.3 Å². The van der Waals surface area contributed by atoms with E-state index in [2.05, 4.69) is 47.0 Å². The van der Waals surface area contributed by atoms with Crippen LogP contribution in [0.2, 0.25) is 0 Å². The fourth-order valence-electron chi connectivity index (χ4n) is 1.65. The molecule has 0 atom stereocenters. The number of para-hydroxylation sites is 2. The Hall–Kier alpha value is -1.81. The highest BCUT2D eigenvalue weighted by atomic mass is 79.9. The molecule has 0 bridgehead atoms. The van der Waals surface area contributed by atoms with Gasteiger partial charge in [0.2, 0.25) is 5.91 Å². The number of hydrogen-bond acceptors (Lipinski definition) is 4. The Bertz CT molecular complexity index is 783. The molecule has 1 N–H and O–H groups in total. The van der Waals surface area contributed by atoms with Crippen LogP contribution in [0, 0.1) is 0 Å².